The van der Waals surface area contributed by atoms with Crippen molar-refractivity contribution in [3.63, 3.8) is 0 Å². The van der Waals surface area contributed by atoms with Crippen molar-refractivity contribution in [3.8, 4) is 10.8 Å². The Kier molecular flexibility index (Phi) is 5.54. The highest BCUT2D eigenvalue weighted by molar-refractivity contribution is 7.13. The first-order chi connectivity index (χ1) is 10.9. The molecule has 124 valence electrons. The van der Waals surface area contributed by atoms with Gasteiger partial charge in [0.1, 0.15) is 11.8 Å². The molecule has 6 nitrogen and oxygen atoms in total. The average molecular weight is 336 g/mol. The number of nitrogens with zero attached hydrogens (tertiary/aromatic N) is 1. The average Bonchev–Trinajstić information content (AvgIpc) is 3.08. The molecule has 2 aromatic heterocycles. The van der Waals surface area contributed by atoms with Gasteiger partial charge >= 0.3 is 5.97 Å². The third-order valence-corrected chi connectivity index (χ3v) is 4.15. The van der Waals surface area contributed by atoms with E-state index >= 15 is 0 Å². The number of carboxylic acid groups (broad SMARTS) is 1. The summed E-state index contributed by atoms with van der Waals surface area (Å²) in [7, 11) is 0. The number of nitrogens with one attached hydrogen (secondary N) is 1. The third-order valence-electron chi connectivity index (χ3n) is 3.29. The topological polar surface area (TPSA) is 92.4 Å². The van der Waals surface area contributed by atoms with Gasteiger partial charge < -0.3 is 14.8 Å². The molecule has 0 aromatic carbocycles. The van der Waals surface area contributed by atoms with E-state index in [1.54, 1.807) is 6.92 Å². The lowest BCUT2D eigenvalue weighted by Crippen LogP contribution is -2.42. The van der Waals surface area contributed by atoms with Crippen LogP contribution in [0.4, 0.5) is 0 Å². The van der Waals surface area contributed by atoms with Crippen molar-refractivity contribution < 1.29 is 19.1 Å². The first-order valence-electron chi connectivity index (χ1n) is 7.39. The molecule has 2 N–H and O–H groups in total. The monoisotopic (exact) mass is 336 g/mol. The lowest BCUT2D eigenvalue weighted by Gasteiger charge is -2.16. The van der Waals surface area contributed by atoms with E-state index in [-0.39, 0.29) is 18.2 Å². The molecule has 1 amide bonds. The van der Waals surface area contributed by atoms with E-state index in [4.69, 9.17) is 4.42 Å². The molecule has 2 heterocycles. The minimum Gasteiger partial charge on any atom is -0.480 e. The van der Waals surface area contributed by atoms with E-state index in [1.807, 2.05) is 31.4 Å². The Morgan fingerprint density at radius 1 is 1.43 bits per heavy atom. The van der Waals surface area contributed by atoms with Crippen molar-refractivity contribution in [2.45, 2.75) is 39.7 Å². The number of aliphatic carboxylic acids is 1. The molecule has 7 heteroatoms. The smallest absolute Gasteiger partial charge is 0.326 e. The molecule has 2 rings (SSSR count). The zero-order chi connectivity index (χ0) is 17.0. The molecule has 0 aliphatic heterocycles. The summed E-state index contributed by atoms with van der Waals surface area (Å²) >= 11 is 1.50. The number of carbonyl (C=O) groups is 2. The van der Waals surface area contributed by atoms with Crippen molar-refractivity contribution in [2.24, 2.45) is 5.92 Å². The Morgan fingerprint density at radius 3 is 2.74 bits per heavy atom. The lowest BCUT2D eigenvalue weighted by molar-refractivity contribution is -0.142. The van der Waals surface area contributed by atoms with Crippen molar-refractivity contribution >= 4 is 23.2 Å². The number of aryl methyl sites for hydroxylation is 1. The molecule has 0 fully saturated rings. The SMILES string of the molecule is Cc1oc(-c2cccs2)nc1CC(=O)N[C@@H](CC(C)C)C(=O)O. The summed E-state index contributed by atoms with van der Waals surface area (Å²) < 4.78 is 5.58. The number of rotatable bonds is 7. The van der Waals surface area contributed by atoms with Crippen LogP contribution in [0.1, 0.15) is 31.7 Å². The van der Waals surface area contributed by atoms with Gasteiger partial charge in [0.05, 0.1) is 17.0 Å². The molecule has 1 atom stereocenters. The van der Waals surface area contributed by atoms with Crippen molar-refractivity contribution in [2.75, 3.05) is 0 Å². The van der Waals surface area contributed by atoms with Crippen LogP contribution in [0.15, 0.2) is 21.9 Å². The van der Waals surface area contributed by atoms with Gasteiger partial charge in [-0.25, -0.2) is 9.78 Å². The van der Waals surface area contributed by atoms with E-state index in [0.717, 1.165) is 4.88 Å². The standard InChI is InChI=1S/C16H20N2O4S/c1-9(2)7-12(16(20)21)17-14(19)8-11-10(3)22-15(18-11)13-5-4-6-23-13/h4-6,9,12H,7-8H2,1-3H3,(H,17,19)(H,20,21)/t12-/m0/s1. The van der Waals surface area contributed by atoms with Gasteiger partial charge in [-0.1, -0.05) is 19.9 Å². The quantitative estimate of drug-likeness (QED) is 0.811. The van der Waals surface area contributed by atoms with Crippen molar-refractivity contribution in [3.05, 3.63) is 29.0 Å². The van der Waals surface area contributed by atoms with Crippen LogP contribution < -0.4 is 5.32 Å². The lowest BCUT2D eigenvalue weighted by atomic mass is 10.0. The number of carboxylic acids is 1. The number of aromatic nitrogens is 1. The number of hydrogen-bond acceptors (Lipinski definition) is 5. The maximum Gasteiger partial charge on any atom is 0.326 e. The highest BCUT2D eigenvalue weighted by Gasteiger charge is 2.22. The van der Waals surface area contributed by atoms with E-state index in [9.17, 15) is 14.7 Å². The Hall–Kier alpha value is -2.15. The van der Waals surface area contributed by atoms with Gasteiger partial charge in [-0.05, 0) is 30.7 Å². The normalized spacial score (nSPS) is 12.3. The predicted molar refractivity (Wildman–Crippen MR) is 87.3 cm³/mol. The minimum absolute atomic E-state index is 0.00256. The summed E-state index contributed by atoms with van der Waals surface area (Å²) in [4.78, 5) is 28.5. The molecular weight excluding hydrogens is 316 g/mol. The summed E-state index contributed by atoms with van der Waals surface area (Å²) in [5.41, 5.74) is 0.527. The highest BCUT2D eigenvalue weighted by Crippen LogP contribution is 2.26. The van der Waals surface area contributed by atoms with E-state index in [2.05, 4.69) is 10.3 Å². The number of hydrogen-bond donors (Lipinski definition) is 2. The van der Waals surface area contributed by atoms with Crippen LogP contribution >= 0.6 is 11.3 Å². The molecular formula is C16H20N2O4S. The van der Waals surface area contributed by atoms with Crippen LogP contribution in [-0.2, 0) is 16.0 Å². The van der Waals surface area contributed by atoms with Crippen LogP contribution in [0, 0.1) is 12.8 Å². The fourth-order valence-electron chi connectivity index (χ4n) is 2.19. The number of amides is 1. The number of oxazole rings is 1. The highest BCUT2D eigenvalue weighted by atomic mass is 32.1. The van der Waals surface area contributed by atoms with Crippen molar-refractivity contribution in [1.82, 2.24) is 10.3 Å². The second-order valence-electron chi connectivity index (χ2n) is 5.76. The second kappa shape index (κ2) is 7.41. The second-order valence-corrected chi connectivity index (χ2v) is 6.71. The summed E-state index contributed by atoms with van der Waals surface area (Å²) in [6, 6.07) is 2.91. The van der Waals surface area contributed by atoms with Gasteiger partial charge in [0.15, 0.2) is 0 Å². The van der Waals surface area contributed by atoms with Crippen LogP contribution in [0.5, 0.6) is 0 Å². The summed E-state index contributed by atoms with van der Waals surface area (Å²) in [6.07, 6.45) is 0.391. The maximum absolute atomic E-state index is 12.1. The van der Waals surface area contributed by atoms with Crippen molar-refractivity contribution in [1.29, 1.82) is 0 Å². The van der Waals surface area contributed by atoms with Gasteiger partial charge in [-0.3, -0.25) is 4.79 Å². The fourth-order valence-corrected chi connectivity index (χ4v) is 2.84. The molecule has 0 aliphatic rings. The zero-order valence-corrected chi connectivity index (χ0v) is 14.1. The maximum atomic E-state index is 12.1. The predicted octanol–water partition coefficient (Wildman–Crippen LogP) is 2.87. The Labute approximate surface area is 138 Å². The zero-order valence-electron chi connectivity index (χ0n) is 13.3. The van der Waals surface area contributed by atoms with Gasteiger partial charge in [-0.15, -0.1) is 11.3 Å². The van der Waals surface area contributed by atoms with Crippen LogP contribution in [-0.4, -0.2) is 28.0 Å². The molecule has 0 aliphatic carbocycles. The molecule has 0 spiro atoms. The summed E-state index contributed by atoms with van der Waals surface area (Å²) in [6.45, 7) is 5.57. The summed E-state index contributed by atoms with van der Waals surface area (Å²) in [5.74, 6) is -0.164. The molecule has 0 bridgehead atoms. The van der Waals surface area contributed by atoms with Gasteiger partial charge in [0.25, 0.3) is 0 Å². The van der Waals surface area contributed by atoms with Gasteiger partial charge in [-0.2, -0.15) is 0 Å². The molecule has 0 unspecified atom stereocenters. The number of carbonyl (C=O) groups excluding carboxylic acids is 1. The first kappa shape index (κ1) is 17.2. The Morgan fingerprint density at radius 2 is 2.17 bits per heavy atom. The molecule has 0 saturated carbocycles. The Bertz CT molecular complexity index is 676. The largest absolute Gasteiger partial charge is 0.480 e. The van der Waals surface area contributed by atoms with Crippen LogP contribution in [0.3, 0.4) is 0 Å². The number of thiophene rings is 1. The molecule has 0 radical (unpaired) electrons. The summed E-state index contributed by atoms with van der Waals surface area (Å²) in [5, 5.41) is 13.6. The van der Waals surface area contributed by atoms with Gasteiger partial charge in [0, 0.05) is 0 Å². The fraction of sp³-hybridized carbons (Fsp3) is 0.438. The van der Waals surface area contributed by atoms with Crippen LogP contribution in [0.2, 0.25) is 0 Å². The van der Waals surface area contributed by atoms with E-state index in [1.165, 1.54) is 11.3 Å². The van der Waals surface area contributed by atoms with E-state index < -0.39 is 12.0 Å². The van der Waals surface area contributed by atoms with Gasteiger partial charge in [0.2, 0.25) is 11.8 Å². The third kappa shape index (κ3) is 4.66. The molecule has 2 aromatic rings. The van der Waals surface area contributed by atoms with Crippen LogP contribution in [0.25, 0.3) is 10.8 Å². The minimum atomic E-state index is -1.02. The van der Waals surface area contributed by atoms with E-state index in [0.29, 0.717) is 23.8 Å². The molecule has 0 saturated heterocycles. The Balaban J connectivity index is 2.04. The molecule has 23 heavy (non-hydrogen) atoms. The first-order valence-corrected chi connectivity index (χ1v) is 8.27.